The second kappa shape index (κ2) is 5.51. The van der Waals surface area contributed by atoms with Gasteiger partial charge in [0.1, 0.15) is 0 Å². The lowest BCUT2D eigenvalue weighted by Gasteiger charge is -2.14. The van der Waals surface area contributed by atoms with E-state index in [-0.39, 0.29) is 5.91 Å². The highest BCUT2D eigenvalue weighted by Gasteiger charge is 2.02. The molecular formula is C12H18N2O. The summed E-state index contributed by atoms with van der Waals surface area (Å²) in [6.45, 7) is 3.25. The van der Waals surface area contributed by atoms with Crippen molar-refractivity contribution in [3.05, 3.63) is 35.4 Å². The Morgan fingerprint density at radius 1 is 1.33 bits per heavy atom. The normalized spacial score (nSPS) is 10.6. The lowest BCUT2D eigenvalue weighted by Crippen LogP contribution is -2.32. The molecule has 2 N–H and O–H groups in total. The van der Waals surface area contributed by atoms with E-state index < -0.39 is 0 Å². The molecule has 1 aromatic rings. The summed E-state index contributed by atoms with van der Waals surface area (Å²) in [5, 5.41) is 0. The Morgan fingerprint density at radius 3 is 2.47 bits per heavy atom. The number of hydrogen-bond acceptors (Lipinski definition) is 2. The largest absolute Gasteiger partial charge is 0.369 e. The van der Waals surface area contributed by atoms with E-state index in [0.717, 1.165) is 13.0 Å². The molecule has 0 saturated carbocycles. The summed E-state index contributed by atoms with van der Waals surface area (Å²) < 4.78 is 0. The molecule has 82 valence electrons. The number of hydrogen-bond donors (Lipinski definition) is 1. The predicted molar refractivity (Wildman–Crippen MR) is 61.6 cm³/mol. The van der Waals surface area contributed by atoms with Crippen LogP contribution >= 0.6 is 0 Å². The smallest absolute Gasteiger partial charge is 0.231 e. The Bertz CT molecular complexity index is 319. The number of likely N-dealkylation sites (N-methyl/N-ethyl adjacent to an activating group) is 1. The summed E-state index contributed by atoms with van der Waals surface area (Å²) in [5.41, 5.74) is 7.66. The average molecular weight is 206 g/mol. The third-order valence-electron chi connectivity index (χ3n) is 2.33. The van der Waals surface area contributed by atoms with E-state index in [9.17, 15) is 4.79 Å². The van der Waals surface area contributed by atoms with Crippen LogP contribution in [0.2, 0.25) is 0 Å². The van der Waals surface area contributed by atoms with Crippen LogP contribution in [-0.4, -0.2) is 30.9 Å². The predicted octanol–water partition coefficient (Wildman–Crippen LogP) is 0.955. The minimum absolute atomic E-state index is 0.276. The van der Waals surface area contributed by atoms with Crippen LogP contribution in [0.4, 0.5) is 0 Å². The zero-order valence-corrected chi connectivity index (χ0v) is 9.36. The van der Waals surface area contributed by atoms with Gasteiger partial charge in [0.15, 0.2) is 0 Å². The van der Waals surface area contributed by atoms with Gasteiger partial charge in [0.25, 0.3) is 0 Å². The Kier molecular flexibility index (Phi) is 4.31. The SMILES string of the molecule is Cc1ccc(CCN(C)CC(N)=O)cc1. The lowest BCUT2D eigenvalue weighted by molar-refractivity contribution is -0.118. The van der Waals surface area contributed by atoms with Crippen LogP contribution in [0.5, 0.6) is 0 Å². The monoisotopic (exact) mass is 206 g/mol. The van der Waals surface area contributed by atoms with Gasteiger partial charge >= 0.3 is 0 Å². The van der Waals surface area contributed by atoms with E-state index >= 15 is 0 Å². The maximum absolute atomic E-state index is 10.6. The Hall–Kier alpha value is -1.35. The van der Waals surface area contributed by atoms with Crippen molar-refractivity contribution in [3.63, 3.8) is 0 Å². The van der Waals surface area contributed by atoms with Crippen molar-refractivity contribution in [2.24, 2.45) is 5.73 Å². The van der Waals surface area contributed by atoms with Crippen LogP contribution in [0.15, 0.2) is 24.3 Å². The van der Waals surface area contributed by atoms with Crippen molar-refractivity contribution < 1.29 is 4.79 Å². The molecule has 3 heteroatoms. The van der Waals surface area contributed by atoms with E-state index in [4.69, 9.17) is 5.73 Å². The fraction of sp³-hybridized carbons (Fsp3) is 0.417. The quantitative estimate of drug-likeness (QED) is 0.779. The number of benzene rings is 1. The molecule has 0 spiro atoms. The summed E-state index contributed by atoms with van der Waals surface area (Å²) in [6.07, 6.45) is 0.948. The molecular weight excluding hydrogens is 188 g/mol. The van der Waals surface area contributed by atoms with Gasteiger partial charge < -0.3 is 5.73 Å². The Labute approximate surface area is 90.9 Å². The molecule has 1 amide bonds. The molecule has 15 heavy (non-hydrogen) atoms. The van der Waals surface area contributed by atoms with Crippen LogP contribution < -0.4 is 5.73 Å². The van der Waals surface area contributed by atoms with Gasteiger partial charge in [0.05, 0.1) is 6.54 Å². The first-order valence-corrected chi connectivity index (χ1v) is 5.10. The number of nitrogens with zero attached hydrogens (tertiary/aromatic N) is 1. The first-order valence-electron chi connectivity index (χ1n) is 5.10. The van der Waals surface area contributed by atoms with Crippen LogP contribution in [0.3, 0.4) is 0 Å². The molecule has 3 nitrogen and oxygen atoms in total. The summed E-state index contributed by atoms with van der Waals surface area (Å²) in [4.78, 5) is 12.6. The summed E-state index contributed by atoms with van der Waals surface area (Å²) in [7, 11) is 1.90. The second-order valence-electron chi connectivity index (χ2n) is 3.94. The minimum atomic E-state index is -0.276. The van der Waals surface area contributed by atoms with Crippen LogP contribution in [0, 0.1) is 6.92 Å². The summed E-state index contributed by atoms with van der Waals surface area (Å²) >= 11 is 0. The molecule has 0 atom stereocenters. The molecule has 0 aliphatic carbocycles. The number of amides is 1. The second-order valence-corrected chi connectivity index (χ2v) is 3.94. The van der Waals surface area contributed by atoms with Gasteiger partial charge in [-0.25, -0.2) is 0 Å². The molecule has 0 bridgehead atoms. The maximum atomic E-state index is 10.6. The van der Waals surface area contributed by atoms with E-state index in [1.54, 1.807) is 0 Å². The van der Waals surface area contributed by atoms with E-state index in [1.807, 2.05) is 11.9 Å². The molecule has 0 aromatic heterocycles. The van der Waals surface area contributed by atoms with Crippen molar-refractivity contribution in [2.45, 2.75) is 13.3 Å². The zero-order chi connectivity index (χ0) is 11.3. The van der Waals surface area contributed by atoms with E-state index in [2.05, 4.69) is 31.2 Å². The third-order valence-corrected chi connectivity index (χ3v) is 2.33. The first-order chi connectivity index (χ1) is 7.08. The Balaban J connectivity index is 2.36. The first kappa shape index (κ1) is 11.7. The zero-order valence-electron chi connectivity index (χ0n) is 9.36. The van der Waals surface area contributed by atoms with Crippen molar-refractivity contribution in [3.8, 4) is 0 Å². The number of primary amides is 1. The number of aryl methyl sites for hydroxylation is 1. The number of nitrogens with two attached hydrogens (primary N) is 1. The molecule has 1 aromatic carbocycles. The van der Waals surface area contributed by atoms with Crippen molar-refractivity contribution in [1.82, 2.24) is 4.90 Å². The fourth-order valence-corrected chi connectivity index (χ4v) is 1.42. The average Bonchev–Trinajstić information content (AvgIpc) is 2.16. The highest BCUT2D eigenvalue weighted by molar-refractivity contribution is 5.75. The Morgan fingerprint density at radius 2 is 1.93 bits per heavy atom. The van der Waals surface area contributed by atoms with E-state index in [0.29, 0.717) is 6.54 Å². The number of carbonyl (C=O) groups is 1. The summed E-state index contributed by atoms with van der Waals surface area (Å²) in [5.74, 6) is -0.276. The molecule has 0 unspecified atom stereocenters. The highest BCUT2D eigenvalue weighted by Crippen LogP contribution is 2.04. The molecule has 1 rings (SSSR count). The standard InChI is InChI=1S/C12H18N2O/c1-10-3-5-11(6-4-10)7-8-14(2)9-12(13)15/h3-6H,7-9H2,1-2H3,(H2,13,15). The molecule has 0 aliphatic rings. The van der Waals surface area contributed by atoms with Crippen LogP contribution in [0.25, 0.3) is 0 Å². The van der Waals surface area contributed by atoms with Gasteiger partial charge in [-0.3, -0.25) is 9.69 Å². The molecule has 0 fully saturated rings. The highest BCUT2D eigenvalue weighted by atomic mass is 16.1. The van der Waals surface area contributed by atoms with Crippen molar-refractivity contribution in [1.29, 1.82) is 0 Å². The summed E-state index contributed by atoms with van der Waals surface area (Å²) in [6, 6.07) is 8.44. The minimum Gasteiger partial charge on any atom is -0.369 e. The van der Waals surface area contributed by atoms with Crippen LogP contribution in [0.1, 0.15) is 11.1 Å². The molecule has 0 aliphatic heterocycles. The number of carbonyl (C=O) groups excluding carboxylic acids is 1. The fourth-order valence-electron chi connectivity index (χ4n) is 1.42. The van der Waals surface area contributed by atoms with Gasteiger partial charge in [-0.1, -0.05) is 29.8 Å². The topological polar surface area (TPSA) is 46.3 Å². The lowest BCUT2D eigenvalue weighted by atomic mass is 10.1. The van der Waals surface area contributed by atoms with Crippen molar-refractivity contribution >= 4 is 5.91 Å². The number of rotatable bonds is 5. The van der Waals surface area contributed by atoms with Gasteiger partial charge in [-0.15, -0.1) is 0 Å². The third kappa shape index (κ3) is 4.61. The van der Waals surface area contributed by atoms with Crippen molar-refractivity contribution in [2.75, 3.05) is 20.1 Å². The van der Waals surface area contributed by atoms with Crippen LogP contribution in [-0.2, 0) is 11.2 Å². The molecule has 0 radical (unpaired) electrons. The van der Waals surface area contributed by atoms with E-state index in [1.165, 1.54) is 11.1 Å². The molecule has 0 heterocycles. The van der Waals surface area contributed by atoms with Gasteiger partial charge in [-0.2, -0.15) is 0 Å². The molecule has 0 saturated heterocycles. The van der Waals surface area contributed by atoms with Gasteiger partial charge in [0, 0.05) is 6.54 Å². The van der Waals surface area contributed by atoms with Gasteiger partial charge in [-0.05, 0) is 26.0 Å². The van der Waals surface area contributed by atoms with Gasteiger partial charge in [0.2, 0.25) is 5.91 Å². The maximum Gasteiger partial charge on any atom is 0.231 e.